The van der Waals surface area contributed by atoms with E-state index in [1.165, 1.54) is 11.0 Å². The van der Waals surface area contributed by atoms with E-state index in [0.717, 1.165) is 27.5 Å². The average Bonchev–Trinajstić information content (AvgIpc) is 2.70. The fraction of sp³-hybridized carbons (Fsp3) is 0.250. The number of carbonyl (C=O) groups is 2. The lowest BCUT2D eigenvalue weighted by atomic mass is 10.2. The maximum Gasteiger partial charge on any atom is 0.293 e. The van der Waals surface area contributed by atoms with Crippen molar-refractivity contribution in [3.05, 3.63) is 45.8 Å². The molecule has 0 saturated carbocycles. The summed E-state index contributed by atoms with van der Waals surface area (Å²) in [4.78, 5) is 25.5. The first-order valence-corrected chi connectivity index (χ1v) is 8.35. The molecule has 0 spiro atoms. The smallest absolute Gasteiger partial charge is 0.293 e. The molecule has 0 bridgehead atoms. The van der Waals surface area contributed by atoms with Gasteiger partial charge in [0.15, 0.2) is 0 Å². The Morgan fingerprint density at radius 3 is 2.73 bits per heavy atom. The standard InChI is InChI=1S/C16H16BrNO3S/c1-4-7-18-15(19)14(22-16(18)20)9-11-5-6-13(12(17)8-11)21-10(2)3/h4-6,8-10H,1,7H2,2-3H3/b14-9+. The summed E-state index contributed by atoms with van der Waals surface area (Å²) in [6, 6.07) is 5.55. The van der Waals surface area contributed by atoms with Crippen molar-refractivity contribution in [2.24, 2.45) is 0 Å². The zero-order valence-corrected chi connectivity index (χ0v) is 14.7. The number of ether oxygens (including phenoxy) is 1. The van der Waals surface area contributed by atoms with Crippen molar-refractivity contribution >= 4 is 44.9 Å². The van der Waals surface area contributed by atoms with E-state index < -0.39 is 0 Å². The molecule has 116 valence electrons. The fourth-order valence-electron chi connectivity index (χ4n) is 1.89. The van der Waals surface area contributed by atoms with Gasteiger partial charge in [0.05, 0.1) is 15.5 Å². The van der Waals surface area contributed by atoms with Crippen molar-refractivity contribution in [3.63, 3.8) is 0 Å². The molecule has 1 aliphatic rings. The van der Waals surface area contributed by atoms with Crippen molar-refractivity contribution in [2.75, 3.05) is 6.54 Å². The number of carbonyl (C=O) groups excluding carboxylic acids is 2. The summed E-state index contributed by atoms with van der Waals surface area (Å²) in [5.74, 6) is 0.459. The molecule has 1 fully saturated rings. The molecule has 1 aliphatic heterocycles. The number of benzene rings is 1. The van der Waals surface area contributed by atoms with Gasteiger partial charge in [-0.2, -0.15) is 0 Å². The van der Waals surface area contributed by atoms with Gasteiger partial charge in [-0.3, -0.25) is 14.5 Å². The molecule has 2 amide bonds. The van der Waals surface area contributed by atoms with Crippen LogP contribution in [0.3, 0.4) is 0 Å². The van der Waals surface area contributed by atoms with Crippen LogP contribution >= 0.6 is 27.7 Å². The van der Waals surface area contributed by atoms with Gasteiger partial charge < -0.3 is 4.74 Å². The normalized spacial score (nSPS) is 16.7. The highest BCUT2D eigenvalue weighted by Gasteiger charge is 2.33. The second kappa shape index (κ2) is 7.15. The maximum atomic E-state index is 12.1. The minimum atomic E-state index is -0.284. The number of halogens is 1. The molecule has 0 N–H and O–H groups in total. The molecule has 1 aromatic carbocycles. The van der Waals surface area contributed by atoms with Gasteiger partial charge in [0.1, 0.15) is 5.75 Å². The number of hydrogen-bond acceptors (Lipinski definition) is 4. The topological polar surface area (TPSA) is 46.6 Å². The van der Waals surface area contributed by atoms with E-state index in [1.54, 1.807) is 6.08 Å². The Hall–Kier alpha value is -1.53. The van der Waals surface area contributed by atoms with Gasteiger partial charge in [-0.25, -0.2) is 0 Å². The quantitative estimate of drug-likeness (QED) is 0.557. The molecular weight excluding hydrogens is 366 g/mol. The van der Waals surface area contributed by atoms with Crippen LogP contribution in [-0.2, 0) is 4.79 Å². The summed E-state index contributed by atoms with van der Waals surface area (Å²) in [5, 5.41) is -0.269. The monoisotopic (exact) mass is 381 g/mol. The van der Waals surface area contributed by atoms with Gasteiger partial charge in [-0.15, -0.1) is 6.58 Å². The molecule has 1 saturated heterocycles. The lowest BCUT2D eigenvalue weighted by Crippen LogP contribution is -2.27. The van der Waals surface area contributed by atoms with E-state index in [4.69, 9.17) is 4.74 Å². The largest absolute Gasteiger partial charge is 0.490 e. The van der Waals surface area contributed by atoms with Crippen LogP contribution < -0.4 is 4.74 Å². The van der Waals surface area contributed by atoms with Crippen LogP contribution in [-0.4, -0.2) is 28.7 Å². The number of rotatable bonds is 5. The third-order valence-corrected chi connectivity index (χ3v) is 4.33. The molecule has 1 heterocycles. The summed E-state index contributed by atoms with van der Waals surface area (Å²) in [6.07, 6.45) is 3.32. The van der Waals surface area contributed by atoms with Crippen molar-refractivity contribution in [1.82, 2.24) is 4.90 Å². The Morgan fingerprint density at radius 2 is 2.14 bits per heavy atom. The Labute approximate surface area is 142 Å². The predicted octanol–water partition coefficient (Wildman–Crippen LogP) is 4.46. The van der Waals surface area contributed by atoms with Crippen LogP contribution in [0.5, 0.6) is 5.75 Å². The number of thioether (sulfide) groups is 1. The van der Waals surface area contributed by atoms with Crippen molar-refractivity contribution in [2.45, 2.75) is 20.0 Å². The molecule has 0 unspecified atom stereocenters. The summed E-state index contributed by atoms with van der Waals surface area (Å²) in [7, 11) is 0. The fourth-order valence-corrected chi connectivity index (χ4v) is 3.23. The van der Waals surface area contributed by atoms with Crippen molar-refractivity contribution < 1.29 is 14.3 Å². The SMILES string of the molecule is C=CCN1C(=O)S/C(=C/c2ccc(OC(C)C)c(Br)c2)C1=O. The molecule has 1 aromatic rings. The Kier molecular flexibility index (Phi) is 5.47. The number of nitrogens with zero attached hydrogens (tertiary/aromatic N) is 1. The van der Waals surface area contributed by atoms with Gasteiger partial charge in [0.25, 0.3) is 11.1 Å². The Bertz CT molecular complexity index is 655. The van der Waals surface area contributed by atoms with Crippen LogP contribution in [0.2, 0.25) is 0 Å². The van der Waals surface area contributed by atoms with Gasteiger partial charge in [0.2, 0.25) is 0 Å². The van der Waals surface area contributed by atoms with E-state index >= 15 is 0 Å². The van der Waals surface area contributed by atoms with E-state index in [1.807, 2.05) is 32.0 Å². The van der Waals surface area contributed by atoms with E-state index in [9.17, 15) is 9.59 Å². The summed E-state index contributed by atoms with van der Waals surface area (Å²) in [5.41, 5.74) is 0.826. The van der Waals surface area contributed by atoms with Gasteiger partial charge >= 0.3 is 0 Å². The van der Waals surface area contributed by atoms with Gasteiger partial charge in [-0.05, 0) is 65.3 Å². The minimum absolute atomic E-state index is 0.0811. The van der Waals surface area contributed by atoms with Crippen LogP contribution in [0.4, 0.5) is 4.79 Å². The van der Waals surface area contributed by atoms with E-state index in [-0.39, 0.29) is 23.8 Å². The molecule has 4 nitrogen and oxygen atoms in total. The lowest BCUT2D eigenvalue weighted by molar-refractivity contribution is -0.122. The highest BCUT2D eigenvalue weighted by Crippen LogP contribution is 2.33. The molecule has 0 radical (unpaired) electrons. The molecule has 0 aliphatic carbocycles. The van der Waals surface area contributed by atoms with Crippen molar-refractivity contribution in [3.8, 4) is 5.75 Å². The molecule has 0 aromatic heterocycles. The van der Waals surface area contributed by atoms with E-state index in [2.05, 4.69) is 22.5 Å². The molecule has 22 heavy (non-hydrogen) atoms. The van der Waals surface area contributed by atoms with E-state index in [0.29, 0.717) is 4.91 Å². The summed E-state index contributed by atoms with van der Waals surface area (Å²) in [6.45, 7) is 7.69. The molecular formula is C16H16BrNO3S. The summed E-state index contributed by atoms with van der Waals surface area (Å²) >= 11 is 4.39. The van der Waals surface area contributed by atoms with Crippen LogP contribution in [0.15, 0.2) is 40.2 Å². The van der Waals surface area contributed by atoms with Gasteiger partial charge in [0, 0.05) is 6.54 Å². The predicted molar refractivity (Wildman–Crippen MR) is 92.8 cm³/mol. The second-order valence-electron chi connectivity index (χ2n) is 4.94. The molecule has 2 rings (SSSR count). The molecule has 0 atom stereocenters. The first kappa shape index (κ1) is 16.8. The first-order chi connectivity index (χ1) is 10.4. The Balaban J connectivity index is 2.23. The van der Waals surface area contributed by atoms with Crippen LogP contribution in [0, 0.1) is 0 Å². The summed E-state index contributed by atoms with van der Waals surface area (Å²) < 4.78 is 6.45. The minimum Gasteiger partial charge on any atom is -0.490 e. The number of imide groups is 1. The Morgan fingerprint density at radius 1 is 1.41 bits per heavy atom. The zero-order chi connectivity index (χ0) is 16.3. The van der Waals surface area contributed by atoms with Crippen LogP contribution in [0.25, 0.3) is 6.08 Å². The van der Waals surface area contributed by atoms with Crippen LogP contribution in [0.1, 0.15) is 19.4 Å². The number of hydrogen-bond donors (Lipinski definition) is 0. The maximum absolute atomic E-state index is 12.1. The lowest BCUT2D eigenvalue weighted by Gasteiger charge is -2.11. The highest BCUT2D eigenvalue weighted by atomic mass is 79.9. The molecule has 6 heteroatoms. The third kappa shape index (κ3) is 3.81. The van der Waals surface area contributed by atoms with Crippen molar-refractivity contribution in [1.29, 1.82) is 0 Å². The van der Waals surface area contributed by atoms with Gasteiger partial charge in [-0.1, -0.05) is 12.1 Å². The third-order valence-electron chi connectivity index (χ3n) is 2.80. The zero-order valence-electron chi connectivity index (χ0n) is 12.3. The highest BCUT2D eigenvalue weighted by molar-refractivity contribution is 9.10. The average molecular weight is 382 g/mol. The second-order valence-corrected chi connectivity index (χ2v) is 6.78. The first-order valence-electron chi connectivity index (χ1n) is 6.75. The number of amides is 2.